The molecule has 0 bridgehead atoms. The Bertz CT molecular complexity index is 877. The van der Waals surface area contributed by atoms with E-state index in [1.54, 1.807) is 0 Å². The predicted octanol–water partition coefficient (Wildman–Crippen LogP) is 1.53. The molecule has 0 saturated heterocycles. The Morgan fingerprint density at radius 1 is 0.550 bits per heavy atom. The third-order valence-corrected chi connectivity index (χ3v) is 3.02. The molecule has 0 atom stereocenters. The van der Waals surface area contributed by atoms with Gasteiger partial charge in [-0.25, -0.2) is 0 Å². The van der Waals surface area contributed by atoms with Gasteiger partial charge in [0.05, 0.1) is 10.8 Å². The van der Waals surface area contributed by atoms with Gasteiger partial charge in [0.25, 0.3) is 0 Å². The number of benzene rings is 2. The molecule has 3 aromatic rings. The van der Waals surface area contributed by atoms with Gasteiger partial charge >= 0.3 is 0 Å². The first-order valence-electron chi connectivity index (χ1n) is 5.30. The minimum atomic E-state index is -1.03. The van der Waals surface area contributed by atoms with Gasteiger partial charge in [-0.05, 0) is 0 Å². The SMILES string of the molecule is Oc1cc(O)c2oc3c(O)c(O)c(O)c(O)c3c2c1O. The van der Waals surface area contributed by atoms with Gasteiger partial charge in [-0.3, -0.25) is 0 Å². The maximum absolute atomic E-state index is 9.80. The fourth-order valence-corrected chi connectivity index (χ4v) is 2.07. The molecule has 20 heavy (non-hydrogen) atoms. The molecule has 7 N–H and O–H groups in total. The van der Waals surface area contributed by atoms with Crippen LogP contribution in [0, 0.1) is 0 Å². The van der Waals surface area contributed by atoms with Crippen molar-refractivity contribution < 1.29 is 40.2 Å². The van der Waals surface area contributed by atoms with E-state index in [0.717, 1.165) is 6.07 Å². The third kappa shape index (κ3) is 1.19. The molecule has 1 heterocycles. The van der Waals surface area contributed by atoms with Gasteiger partial charge in [-0.2, -0.15) is 0 Å². The van der Waals surface area contributed by atoms with Crippen molar-refractivity contribution in [2.75, 3.05) is 0 Å². The number of phenols is 7. The third-order valence-electron chi connectivity index (χ3n) is 3.02. The molecular formula is C12H8O8. The second kappa shape index (κ2) is 3.44. The van der Waals surface area contributed by atoms with Crippen LogP contribution in [-0.2, 0) is 0 Å². The minimum Gasteiger partial charge on any atom is -0.504 e. The summed E-state index contributed by atoms with van der Waals surface area (Å²) in [5, 5.41) is 66.6. The standard InChI is InChI=1S/C12H8O8/c13-2-1-3(14)11-4(6(2)15)5-7(16)8(17)9(18)10(19)12(5)20-11/h1,13-19H. The average Bonchev–Trinajstić information content (AvgIpc) is 2.81. The monoisotopic (exact) mass is 280 g/mol. The Kier molecular flexibility index (Phi) is 2.05. The number of hydrogen-bond donors (Lipinski definition) is 7. The lowest BCUT2D eigenvalue weighted by atomic mass is 10.1. The summed E-state index contributed by atoms with van der Waals surface area (Å²) in [7, 11) is 0. The highest BCUT2D eigenvalue weighted by atomic mass is 16.4. The van der Waals surface area contributed by atoms with Crippen LogP contribution in [-0.4, -0.2) is 35.7 Å². The van der Waals surface area contributed by atoms with Crippen molar-refractivity contribution in [2.45, 2.75) is 0 Å². The number of fused-ring (bicyclic) bond motifs is 3. The zero-order valence-corrected chi connectivity index (χ0v) is 9.62. The zero-order valence-electron chi connectivity index (χ0n) is 9.62. The summed E-state index contributed by atoms with van der Waals surface area (Å²) >= 11 is 0. The van der Waals surface area contributed by atoms with Crippen molar-refractivity contribution in [3.63, 3.8) is 0 Å². The smallest absolute Gasteiger partial charge is 0.208 e. The summed E-state index contributed by atoms with van der Waals surface area (Å²) in [6.45, 7) is 0. The summed E-state index contributed by atoms with van der Waals surface area (Å²) in [4.78, 5) is 0. The lowest BCUT2D eigenvalue weighted by Gasteiger charge is -2.05. The van der Waals surface area contributed by atoms with Gasteiger partial charge in [-0.1, -0.05) is 0 Å². The van der Waals surface area contributed by atoms with Crippen LogP contribution in [0.15, 0.2) is 10.5 Å². The van der Waals surface area contributed by atoms with Crippen LogP contribution in [0.5, 0.6) is 40.2 Å². The maximum Gasteiger partial charge on any atom is 0.208 e. The molecule has 0 fully saturated rings. The van der Waals surface area contributed by atoms with E-state index in [9.17, 15) is 35.7 Å². The van der Waals surface area contributed by atoms with E-state index < -0.39 is 45.8 Å². The molecule has 0 unspecified atom stereocenters. The summed E-state index contributed by atoms with van der Waals surface area (Å²) < 4.78 is 5.06. The lowest BCUT2D eigenvalue weighted by molar-refractivity contribution is 0.348. The minimum absolute atomic E-state index is 0.319. The molecule has 0 radical (unpaired) electrons. The number of rotatable bonds is 0. The Morgan fingerprint density at radius 2 is 1.10 bits per heavy atom. The largest absolute Gasteiger partial charge is 0.504 e. The number of hydrogen-bond acceptors (Lipinski definition) is 8. The Morgan fingerprint density at radius 3 is 1.75 bits per heavy atom. The summed E-state index contributed by atoms with van der Waals surface area (Å²) in [5.74, 6) is -5.79. The first kappa shape index (κ1) is 11.9. The highest BCUT2D eigenvalue weighted by molar-refractivity contribution is 6.16. The van der Waals surface area contributed by atoms with Crippen LogP contribution < -0.4 is 0 Å². The number of phenolic OH excluding ortho intramolecular Hbond substituents is 7. The van der Waals surface area contributed by atoms with E-state index in [1.165, 1.54) is 0 Å². The van der Waals surface area contributed by atoms with Gasteiger partial charge < -0.3 is 40.2 Å². The highest BCUT2D eigenvalue weighted by Crippen LogP contribution is 2.55. The molecule has 0 aliphatic carbocycles. The van der Waals surface area contributed by atoms with Crippen molar-refractivity contribution in [1.29, 1.82) is 0 Å². The zero-order chi connectivity index (χ0) is 14.8. The molecule has 3 rings (SSSR count). The fraction of sp³-hybridized carbons (Fsp3) is 0. The molecule has 8 heteroatoms. The normalized spacial score (nSPS) is 11.4. The average molecular weight is 280 g/mol. The van der Waals surface area contributed by atoms with E-state index in [0.29, 0.717) is 0 Å². The number of furan rings is 1. The van der Waals surface area contributed by atoms with Crippen molar-refractivity contribution in [3.8, 4) is 40.2 Å². The van der Waals surface area contributed by atoms with Crippen LogP contribution >= 0.6 is 0 Å². The van der Waals surface area contributed by atoms with E-state index in [2.05, 4.69) is 0 Å². The molecule has 0 aliphatic rings. The van der Waals surface area contributed by atoms with Crippen molar-refractivity contribution >= 4 is 21.9 Å². The molecule has 2 aromatic carbocycles. The van der Waals surface area contributed by atoms with Gasteiger partial charge in [0.15, 0.2) is 34.2 Å². The van der Waals surface area contributed by atoms with Gasteiger partial charge in [0, 0.05) is 6.07 Å². The summed E-state index contributed by atoms with van der Waals surface area (Å²) in [5.41, 5.74) is -0.810. The predicted molar refractivity (Wildman–Crippen MR) is 65.4 cm³/mol. The topological polar surface area (TPSA) is 155 Å². The highest BCUT2D eigenvalue weighted by Gasteiger charge is 2.27. The van der Waals surface area contributed by atoms with Crippen molar-refractivity contribution in [2.24, 2.45) is 0 Å². The lowest BCUT2D eigenvalue weighted by Crippen LogP contribution is -1.77. The molecule has 8 nitrogen and oxygen atoms in total. The van der Waals surface area contributed by atoms with Gasteiger partial charge in [0.2, 0.25) is 17.2 Å². The maximum atomic E-state index is 9.80. The molecule has 0 saturated carbocycles. The second-order valence-corrected chi connectivity index (χ2v) is 4.17. The van der Waals surface area contributed by atoms with Crippen LogP contribution in [0.3, 0.4) is 0 Å². The van der Waals surface area contributed by atoms with Crippen LogP contribution in [0.25, 0.3) is 21.9 Å². The molecule has 0 spiro atoms. The van der Waals surface area contributed by atoms with Crippen molar-refractivity contribution in [1.82, 2.24) is 0 Å². The van der Waals surface area contributed by atoms with Crippen LogP contribution in [0.2, 0.25) is 0 Å². The molecule has 0 amide bonds. The van der Waals surface area contributed by atoms with E-state index >= 15 is 0 Å². The Labute approximate surface area is 109 Å². The van der Waals surface area contributed by atoms with Gasteiger partial charge in [-0.15, -0.1) is 0 Å². The van der Waals surface area contributed by atoms with E-state index in [-0.39, 0.29) is 16.4 Å². The van der Waals surface area contributed by atoms with Crippen LogP contribution in [0.1, 0.15) is 0 Å². The second-order valence-electron chi connectivity index (χ2n) is 4.17. The van der Waals surface area contributed by atoms with E-state index in [1.807, 2.05) is 0 Å². The molecular weight excluding hydrogens is 272 g/mol. The first-order valence-corrected chi connectivity index (χ1v) is 5.30. The quantitative estimate of drug-likeness (QED) is 0.241. The summed E-state index contributed by atoms with van der Waals surface area (Å²) in [6, 6.07) is 0.799. The Hall–Kier alpha value is -3.16. The van der Waals surface area contributed by atoms with Crippen molar-refractivity contribution in [3.05, 3.63) is 6.07 Å². The van der Waals surface area contributed by atoms with E-state index in [4.69, 9.17) is 4.42 Å². The summed E-state index contributed by atoms with van der Waals surface area (Å²) in [6.07, 6.45) is 0. The fourth-order valence-electron chi connectivity index (χ4n) is 2.07. The Balaban J connectivity index is 2.72. The van der Waals surface area contributed by atoms with Gasteiger partial charge in [0.1, 0.15) is 0 Å². The van der Waals surface area contributed by atoms with Crippen LogP contribution in [0.4, 0.5) is 0 Å². The molecule has 1 aromatic heterocycles. The molecule has 0 aliphatic heterocycles. The number of aromatic hydroxyl groups is 7. The molecule has 104 valence electrons. The first-order chi connectivity index (χ1) is 9.34.